The normalized spacial score (nSPS) is 11.6. The Morgan fingerprint density at radius 1 is 1.13 bits per heavy atom. The molecule has 0 spiro atoms. The summed E-state index contributed by atoms with van der Waals surface area (Å²) in [6, 6.07) is 10.1. The van der Waals surface area contributed by atoms with Gasteiger partial charge in [-0.15, -0.1) is 0 Å². The fraction of sp³-hybridized carbons (Fsp3) is 0.318. The van der Waals surface area contributed by atoms with Gasteiger partial charge in [0.2, 0.25) is 0 Å². The van der Waals surface area contributed by atoms with Crippen molar-refractivity contribution < 1.29 is 18.0 Å². The number of hydrogen-bond acceptors (Lipinski definition) is 4. The fourth-order valence-corrected chi connectivity index (χ4v) is 3.32. The lowest BCUT2D eigenvalue weighted by Gasteiger charge is -2.27. The van der Waals surface area contributed by atoms with E-state index in [9.17, 15) is 18.0 Å². The quantitative estimate of drug-likeness (QED) is 0.591. The predicted molar refractivity (Wildman–Crippen MR) is 114 cm³/mol. The van der Waals surface area contributed by atoms with Gasteiger partial charge < -0.3 is 10.2 Å². The Bertz CT molecular complexity index is 1040. The topological polar surface area (TPSA) is 63.1 Å². The van der Waals surface area contributed by atoms with Gasteiger partial charge in [0.05, 0.1) is 23.0 Å². The zero-order chi connectivity index (χ0) is 22.8. The molecule has 1 N–H and O–H groups in total. The minimum atomic E-state index is -4.46. The Balaban J connectivity index is 1.76. The van der Waals surface area contributed by atoms with Crippen LogP contribution in [-0.2, 0) is 6.18 Å². The highest BCUT2D eigenvalue weighted by atomic mass is 19.4. The van der Waals surface area contributed by atoms with Crippen LogP contribution in [0.3, 0.4) is 0 Å². The first-order valence-electron chi connectivity index (χ1n) is 9.88. The van der Waals surface area contributed by atoms with Gasteiger partial charge in [-0.05, 0) is 64.1 Å². The molecule has 2 heterocycles. The van der Waals surface area contributed by atoms with Gasteiger partial charge in [0.15, 0.2) is 5.82 Å². The number of alkyl halides is 3. The van der Waals surface area contributed by atoms with Gasteiger partial charge in [-0.25, -0.2) is 9.67 Å². The summed E-state index contributed by atoms with van der Waals surface area (Å²) in [5, 5.41) is 6.94. The highest BCUT2D eigenvalue weighted by molar-refractivity contribution is 6.05. The summed E-state index contributed by atoms with van der Waals surface area (Å²) in [6.45, 7) is 8.85. The molecule has 0 atom stereocenters. The van der Waals surface area contributed by atoms with Crippen molar-refractivity contribution in [1.82, 2.24) is 14.8 Å². The molecule has 0 aliphatic rings. The number of nitrogens with one attached hydrogen (secondary N) is 1. The molecule has 0 saturated heterocycles. The van der Waals surface area contributed by atoms with E-state index in [4.69, 9.17) is 0 Å². The molecule has 0 fully saturated rings. The molecule has 9 heteroatoms. The Morgan fingerprint density at radius 2 is 1.81 bits per heavy atom. The van der Waals surface area contributed by atoms with E-state index in [1.165, 1.54) is 16.9 Å². The lowest BCUT2D eigenvalue weighted by atomic mass is 10.2. The van der Waals surface area contributed by atoms with Crippen molar-refractivity contribution in [2.24, 2.45) is 0 Å². The van der Waals surface area contributed by atoms with Gasteiger partial charge in [-0.1, -0.05) is 0 Å². The summed E-state index contributed by atoms with van der Waals surface area (Å²) in [5.74, 6) is -0.165. The molecule has 0 saturated carbocycles. The van der Waals surface area contributed by atoms with E-state index in [0.717, 1.165) is 24.5 Å². The number of carbonyl (C=O) groups is 1. The minimum Gasteiger partial charge on any atom is -0.369 e. The third-order valence-electron chi connectivity index (χ3n) is 4.97. The van der Waals surface area contributed by atoms with Gasteiger partial charge in [0.25, 0.3) is 5.91 Å². The maximum absolute atomic E-state index is 12.7. The Labute approximate surface area is 178 Å². The standard InChI is InChI=1S/C22H24F3N5O/c1-5-29(14(2)3)18-9-7-17(8-10-18)28-21(31)19-13-27-30(15(19)4)20-11-6-16(12-26-20)22(23,24)25/h6-14H,5H2,1-4H3,(H,28,31). The Morgan fingerprint density at radius 3 is 2.32 bits per heavy atom. The zero-order valence-corrected chi connectivity index (χ0v) is 17.7. The van der Waals surface area contributed by atoms with E-state index < -0.39 is 11.7 Å². The fourth-order valence-electron chi connectivity index (χ4n) is 3.32. The number of amides is 1. The molecular weight excluding hydrogens is 407 g/mol. The zero-order valence-electron chi connectivity index (χ0n) is 17.7. The minimum absolute atomic E-state index is 0.197. The second kappa shape index (κ2) is 8.79. The molecule has 1 amide bonds. The number of pyridine rings is 1. The number of benzene rings is 1. The Hall–Kier alpha value is -3.36. The lowest BCUT2D eigenvalue weighted by Crippen LogP contribution is -2.30. The molecule has 1 aromatic carbocycles. The number of halogens is 3. The van der Waals surface area contributed by atoms with Crippen LogP contribution < -0.4 is 10.2 Å². The Kier molecular flexibility index (Phi) is 6.33. The molecule has 0 unspecified atom stereocenters. The molecule has 164 valence electrons. The van der Waals surface area contributed by atoms with Crippen LogP contribution in [0, 0.1) is 6.92 Å². The summed E-state index contributed by atoms with van der Waals surface area (Å²) >= 11 is 0. The van der Waals surface area contributed by atoms with E-state index in [1.807, 2.05) is 24.3 Å². The maximum atomic E-state index is 12.7. The summed E-state index contributed by atoms with van der Waals surface area (Å²) in [6.07, 6.45) is -2.35. The first-order valence-corrected chi connectivity index (χ1v) is 9.88. The largest absolute Gasteiger partial charge is 0.417 e. The third kappa shape index (κ3) is 4.87. The molecule has 31 heavy (non-hydrogen) atoms. The van der Waals surface area contributed by atoms with Crippen molar-refractivity contribution in [3.63, 3.8) is 0 Å². The smallest absolute Gasteiger partial charge is 0.369 e. The van der Waals surface area contributed by atoms with Crippen LogP contribution in [0.15, 0.2) is 48.8 Å². The van der Waals surface area contributed by atoms with Gasteiger partial charge in [-0.3, -0.25) is 4.79 Å². The predicted octanol–water partition coefficient (Wildman–Crippen LogP) is 5.08. The van der Waals surface area contributed by atoms with Crippen LogP contribution in [0.2, 0.25) is 0 Å². The SMILES string of the molecule is CCN(c1ccc(NC(=O)c2cnn(-c3ccc(C(F)(F)F)cn3)c2C)cc1)C(C)C. The molecule has 3 aromatic rings. The lowest BCUT2D eigenvalue weighted by molar-refractivity contribution is -0.137. The van der Waals surface area contributed by atoms with Crippen LogP contribution in [0.5, 0.6) is 0 Å². The highest BCUT2D eigenvalue weighted by Gasteiger charge is 2.30. The van der Waals surface area contributed by atoms with Gasteiger partial charge in [0.1, 0.15) is 0 Å². The van der Waals surface area contributed by atoms with Crippen LogP contribution >= 0.6 is 0 Å². The van der Waals surface area contributed by atoms with E-state index in [1.54, 1.807) is 6.92 Å². The van der Waals surface area contributed by atoms with Crippen molar-refractivity contribution in [1.29, 1.82) is 0 Å². The molecule has 0 radical (unpaired) electrons. The van der Waals surface area contributed by atoms with Crippen LogP contribution in [-0.4, -0.2) is 33.3 Å². The summed E-state index contributed by atoms with van der Waals surface area (Å²) in [5.41, 5.74) is 1.63. The number of aromatic nitrogens is 3. The van der Waals surface area contributed by atoms with Crippen molar-refractivity contribution >= 4 is 17.3 Å². The van der Waals surface area contributed by atoms with Gasteiger partial charge >= 0.3 is 6.18 Å². The molecule has 3 rings (SSSR count). The second-order valence-electron chi connectivity index (χ2n) is 7.34. The molecule has 0 aliphatic carbocycles. The van der Waals surface area contributed by atoms with Gasteiger partial charge in [-0.2, -0.15) is 18.3 Å². The number of rotatable bonds is 6. The molecule has 6 nitrogen and oxygen atoms in total. The first-order chi connectivity index (χ1) is 14.6. The van der Waals surface area contributed by atoms with E-state index >= 15 is 0 Å². The average Bonchev–Trinajstić information content (AvgIpc) is 3.10. The second-order valence-corrected chi connectivity index (χ2v) is 7.34. The summed E-state index contributed by atoms with van der Waals surface area (Å²) < 4.78 is 39.5. The van der Waals surface area contributed by atoms with Crippen molar-refractivity contribution in [3.05, 3.63) is 65.6 Å². The molecule has 0 bridgehead atoms. The van der Waals surface area contributed by atoms with E-state index in [2.05, 4.69) is 41.1 Å². The summed E-state index contributed by atoms with van der Waals surface area (Å²) in [7, 11) is 0. The number of carbonyl (C=O) groups excluding carboxylic acids is 1. The molecule has 0 aliphatic heterocycles. The highest BCUT2D eigenvalue weighted by Crippen LogP contribution is 2.29. The third-order valence-corrected chi connectivity index (χ3v) is 4.97. The van der Waals surface area contributed by atoms with Gasteiger partial charge in [0, 0.05) is 30.2 Å². The molecular formula is C22H24F3N5O. The number of hydrogen-bond donors (Lipinski definition) is 1. The monoisotopic (exact) mass is 431 g/mol. The summed E-state index contributed by atoms with van der Waals surface area (Å²) in [4.78, 5) is 18.8. The van der Waals surface area contributed by atoms with E-state index in [0.29, 0.717) is 23.0 Å². The number of anilines is 2. The van der Waals surface area contributed by atoms with Crippen molar-refractivity contribution in [2.45, 2.75) is 39.9 Å². The van der Waals surface area contributed by atoms with Crippen molar-refractivity contribution in [2.75, 3.05) is 16.8 Å². The van der Waals surface area contributed by atoms with Crippen molar-refractivity contribution in [3.8, 4) is 5.82 Å². The van der Waals surface area contributed by atoms with Crippen LogP contribution in [0.25, 0.3) is 5.82 Å². The first kappa shape index (κ1) is 22.3. The maximum Gasteiger partial charge on any atom is 0.417 e. The average molecular weight is 431 g/mol. The molecule has 2 aromatic heterocycles. The van der Waals surface area contributed by atoms with Crippen LogP contribution in [0.4, 0.5) is 24.5 Å². The van der Waals surface area contributed by atoms with E-state index in [-0.39, 0.29) is 11.7 Å². The van der Waals surface area contributed by atoms with Crippen LogP contribution in [0.1, 0.15) is 42.4 Å². The number of nitrogens with zero attached hydrogens (tertiary/aromatic N) is 4.